The van der Waals surface area contributed by atoms with Crippen LogP contribution in [0, 0.1) is 13.8 Å². The largest absolute Gasteiger partial charge is 0.464 e. The summed E-state index contributed by atoms with van der Waals surface area (Å²) in [4.78, 5) is 23.1. The lowest BCUT2D eigenvalue weighted by Gasteiger charge is -2.12. The van der Waals surface area contributed by atoms with E-state index >= 15 is 0 Å². The Morgan fingerprint density at radius 1 is 1.44 bits per heavy atom. The first-order valence-electron chi connectivity index (χ1n) is 5.92. The van der Waals surface area contributed by atoms with Crippen LogP contribution in [0.15, 0.2) is 0 Å². The number of aromatic nitrogens is 2. The first-order valence-corrected chi connectivity index (χ1v) is 5.92. The summed E-state index contributed by atoms with van der Waals surface area (Å²) >= 11 is 0. The maximum absolute atomic E-state index is 11.8. The van der Waals surface area contributed by atoms with Crippen molar-refractivity contribution in [1.29, 1.82) is 0 Å². The summed E-state index contributed by atoms with van der Waals surface area (Å²) in [5.41, 5.74) is 2.53. The molecule has 0 bridgehead atoms. The molecule has 0 spiro atoms. The monoisotopic (exact) mass is 253 g/mol. The third kappa shape index (κ3) is 3.58. The van der Waals surface area contributed by atoms with Crippen molar-refractivity contribution < 1.29 is 14.3 Å². The Labute approximate surface area is 106 Å². The molecule has 2 N–H and O–H groups in total. The van der Waals surface area contributed by atoms with Crippen molar-refractivity contribution in [3.63, 3.8) is 0 Å². The highest BCUT2D eigenvalue weighted by molar-refractivity contribution is 5.85. The molecule has 1 atom stereocenters. The van der Waals surface area contributed by atoms with Gasteiger partial charge in [0, 0.05) is 11.3 Å². The van der Waals surface area contributed by atoms with Crippen LogP contribution in [-0.2, 0) is 20.7 Å². The first kappa shape index (κ1) is 14.2. The number of carbonyl (C=O) groups is 2. The molecule has 0 radical (unpaired) electrons. The van der Waals surface area contributed by atoms with Crippen LogP contribution in [0.3, 0.4) is 0 Å². The van der Waals surface area contributed by atoms with Crippen LogP contribution >= 0.6 is 0 Å². The summed E-state index contributed by atoms with van der Waals surface area (Å²) < 4.78 is 4.82. The standard InChI is InChI=1S/C12H19N3O3/c1-5-18-12(17)9(4)13-11(16)6-10-7(2)14-15-8(10)3/h9H,5-6H2,1-4H3,(H,13,16)(H,14,15). The lowest BCUT2D eigenvalue weighted by molar-refractivity contribution is -0.146. The average molecular weight is 253 g/mol. The molecule has 1 aromatic rings. The summed E-state index contributed by atoms with van der Waals surface area (Å²) in [5, 5.41) is 9.44. The molecular weight excluding hydrogens is 234 g/mol. The number of hydrogen-bond donors (Lipinski definition) is 2. The molecule has 6 nitrogen and oxygen atoms in total. The average Bonchev–Trinajstić information content (AvgIpc) is 2.61. The van der Waals surface area contributed by atoms with Gasteiger partial charge in [0.1, 0.15) is 6.04 Å². The molecule has 1 amide bonds. The zero-order valence-electron chi connectivity index (χ0n) is 11.2. The van der Waals surface area contributed by atoms with E-state index in [1.807, 2.05) is 13.8 Å². The molecule has 0 fully saturated rings. The highest BCUT2D eigenvalue weighted by Gasteiger charge is 2.18. The SMILES string of the molecule is CCOC(=O)C(C)NC(=O)Cc1c(C)n[nH]c1C. The van der Waals surface area contributed by atoms with Gasteiger partial charge < -0.3 is 10.1 Å². The van der Waals surface area contributed by atoms with E-state index in [4.69, 9.17) is 4.74 Å². The number of carbonyl (C=O) groups excluding carboxylic acids is 2. The van der Waals surface area contributed by atoms with Gasteiger partial charge in [0.25, 0.3) is 0 Å². The van der Waals surface area contributed by atoms with Crippen LogP contribution in [0.2, 0.25) is 0 Å². The molecule has 0 aromatic carbocycles. The van der Waals surface area contributed by atoms with Crippen molar-refractivity contribution in [3.05, 3.63) is 17.0 Å². The molecule has 1 unspecified atom stereocenters. The van der Waals surface area contributed by atoms with Crippen LogP contribution in [0.25, 0.3) is 0 Å². The number of rotatable bonds is 5. The van der Waals surface area contributed by atoms with Gasteiger partial charge in [-0.15, -0.1) is 0 Å². The Morgan fingerprint density at radius 2 is 2.11 bits per heavy atom. The molecule has 0 aliphatic heterocycles. The molecule has 6 heteroatoms. The molecule has 18 heavy (non-hydrogen) atoms. The van der Waals surface area contributed by atoms with Crippen molar-refractivity contribution >= 4 is 11.9 Å². The van der Waals surface area contributed by atoms with Crippen LogP contribution < -0.4 is 5.32 Å². The van der Waals surface area contributed by atoms with E-state index in [0.717, 1.165) is 17.0 Å². The molecule has 100 valence electrons. The van der Waals surface area contributed by atoms with Gasteiger partial charge in [0.15, 0.2) is 0 Å². The maximum atomic E-state index is 11.8. The van der Waals surface area contributed by atoms with E-state index < -0.39 is 12.0 Å². The zero-order valence-corrected chi connectivity index (χ0v) is 11.2. The summed E-state index contributed by atoms with van der Waals surface area (Å²) in [5.74, 6) is -0.644. The highest BCUT2D eigenvalue weighted by Crippen LogP contribution is 2.09. The van der Waals surface area contributed by atoms with Gasteiger partial charge in [0.05, 0.1) is 18.7 Å². The van der Waals surface area contributed by atoms with Gasteiger partial charge in [0.2, 0.25) is 5.91 Å². The number of aryl methyl sites for hydroxylation is 2. The van der Waals surface area contributed by atoms with Gasteiger partial charge in [-0.2, -0.15) is 5.10 Å². The Bertz CT molecular complexity index is 420. The number of nitrogens with one attached hydrogen (secondary N) is 2. The van der Waals surface area contributed by atoms with E-state index in [1.165, 1.54) is 0 Å². The van der Waals surface area contributed by atoms with Crippen LogP contribution in [0.1, 0.15) is 30.8 Å². The summed E-state index contributed by atoms with van der Waals surface area (Å²) in [7, 11) is 0. The number of nitrogens with zero attached hydrogens (tertiary/aromatic N) is 1. The lowest BCUT2D eigenvalue weighted by atomic mass is 10.1. The van der Waals surface area contributed by atoms with Crippen molar-refractivity contribution in [2.45, 2.75) is 40.2 Å². The topological polar surface area (TPSA) is 84.1 Å². The van der Waals surface area contributed by atoms with Crippen molar-refractivity contribution in [1.82, 2.24) is 15.5 Å². The molecule has 1 aromatic heterocycles. The van der Waals surface area contributed by atoms with Gasteiger partial charge >= 0.3 is 5.97 Å². The minimum absolute atomic E-state index is 0.206. The molecule has 1 rings (SSSR count). The Kier molecular flexibility index (Phi) is 4.88. The lowest BCUT2D eigenvalue weighted by Crippen LogP contribution is -2.40. The second-order valence-corrected chi connectivity index (χ2v) is 4.13. The van der Waals surface area contributed by atoms with E-state index in [-0.39, 0.29) is 12.3 Å². The quantitative estimate of drug-likeness (QED) is 0.754. The van der Waals surface area contributed by atoms with Gasteiger partial charge in [-0.3, -0.25) is 9.89 Å². The van der Waals surface area contributed by atoms with E-state index in [9.17, 15) is 9.59 Å². The van der Waals surface area contributed by atoms with E-state index in [0.29, 0.717) is 6.61 Å². The second-order valence-electron chi connectivity index (χ2n) is 4.13. The van der Waals surface area contributed by atoms with Gasteiger partial charge in [-0.05, 0) is 27.7 Å². The van der Waals surface area contributed by atoms with E-state index in [1.54, 1.807) is 13.8 Å². The zero-order chi connectivity index (χ0) is 13.7. The maximum Gasteiger partial charge on any atom is 0.328 e. The summed E-state index contributed by atoms with van der Waals surface area (Å²) in [6.45, 7) is 7.33. The molecule has 0 aliphatic carbocycles. The van der Waals surface area contributed by atoms with Crippen molar-refractivity contribution in [2.24, 2.45) is 0 Å². The predicted octanol–water partition coefficient (Wildman–Crippen LogP) is 0.637. The fourth-order valence-corrected chi connectivity index (χ4v) is 1.61. The van der Waals surface area contributed by atoms with Crippen molar-refractivity contribution in [3.8, 4) is 0 Å². The minimum atomic E-state index is -0.634. The second kappa shape index (κ2) is 6.18. The van der Waals surface area contributed by atoms with Crippen LogP contribution in [0.5, 0.6) is 0 Å². The van der Waals surface area contributed by atoms with E-state index in [2.05, 4.69) is 15.5 Å². The third-order valence-corrected chi connectivity index (χ3v) is 2.64. The molecule has 0 aliphatic rings. The highest BCUT2D eigenvalue weighted by atomic mass is 16.5. The normalized spacial score (nSPS) is 12.0. The Hall–Kier alpha value is -1.85. The number of esters is 1. The number of ether oxygens (including phenoxy) is 1. The number of hydrogen-bond acceptors (Lipinski definition) is 4. The molecule has 0 saturated carbocycles. The van der Waals surface area contributed by atoms with Crippen molar-refractivity contribution in [2.75, 3.05) is 6.61 Å². The summed E-state index contributed by atoms with van der Waals surface area (Å²) in [6.07, 6.45) is 0.206. The van der Waals surface area contributed by atoms with Crippen LogP contribution in [-0.4, -0.2) is 34.7 Å². The Balaban J connectivity index is 2.54. The summed E-state index contributed by atoms with van der Waals surface area (Å²) in [6, 6.07) is -0.634. The molecule has 1 heterocycles. The minimum Gasteiger partial charge on any atom is -0.464 e. The first-order chi connectivity index (χ1) is 8.45. The van der Waals surface area contributed by atoms with Gasteiger partial charge in [-0.25, -0.2) is 4.79 Å². The number of amides is 1. The fourth-order valence-electron chi connectivity index (χ4n) is 1.61. The van der Waals surface area contributed by atoms with Gasteiger partial charge in [-0.1, -0.05) is 0 Å². The number of H-pyrrole nitrogens is 1. The van der Waals surface area contributed by atoms with Crippen LogP contribution in [0.4, 0.5) is 0 Å². The third-order valence-electron chi connectivity index (χ3n) is 2.64. The smallest absolute Gasteiger partial charge is 0.328 e. The predicted molar refractivity (Wildman–Crippen MR) is 66.0 cm³/mol. The molecular formula is C12H19N3O3. The fraction of sp³-hybridized carbons (Fsp3) is 0.583. The number of aromatic amines is 1. The molecule has 0 saturated heterocycles. The Morgan fingerprint density at radius 3 is 2.61 bits per heavy atom.